The van der Waals surface area contributed by atoms with Crippen molar-refractivity contribution in [3.63, 3.8) is 0 Å². The van der Waals surface area contributed by atoms with E-state index >= 15 is 0 Å². The average molecular weight is 247 g/mol. The second-order valence-electron chi connectivity index (χ2n) is 4.55. The van der Waals surface area contributed by atoms with E-state index in [0.29, 0.717) is 12.2 Å². The molecule has 1 aliphatic rings. The summed E-state index contributed by atoms with van der Waals surface area (Å²) in [6, 6.07) is 5.45. The molecule has 0 aliphatic carbocycles. The Morgan fingerprint density at radius 1 is 1.50 bits per heavy atom. The molecular formula is C13H17N3O2. The van der Waals surface area contributed by atoms with Gasteiger partial charge in [-0.25, -0.2) is 0 Å². The van der Waals surface area contributed by atoms with Crippen LogP contribution in [0.2, 0.25) is 0 Å². The Labute approximate surface area is 106 Å². The number of amides is 2. The number of nitrogens with two attached hydrogens (primary N) is 2. The Bertz CT molecular complexity index is 499. The Balaban J connectivity index is 2.32. The summed E-state index contributed by atoms with van der Waals surface area (Å²) in [7, 11) is 0. The molecule has 0 bridgehead atoms. The van der Waals surface area contributed by atoms with Gasteiger partial charge in [-0.05, 0) is 30.2 Å². The number of hydrogen-bond acceptors (Lipinski definition) is 3. The van der Waals surface area contributed by atoms with Gasteiger partial charge in [0.25, 0.3) is 0 Å². The van der Waals surface area contributed by atoms with Crippen LogP contribution in [0.15, 0.2) is 18.2 Å². The number of aryl methyl sites for hydroxylation is 1. The molecule has 0 aromatic heterocycles. The van der Waals surface area contributed by atoms with Crippen molar-refractivity contribution in [3.8, 4) is 0 Å². The van der Waals surface area contributed by atoms with Gasteiger partial charge in [-0.3, -0.25) is 9.59 Å². The van der Waals surface area contributed by atoms with Gasteiger partial charge in [0.2, 0.25) is 11.8 Å². The maximum Gasteiger partial charge on any atom is 0.227 e. The van der Waals surface area contributed by atoms with Crippen molar-refractivity contribution in [2.24, 2.45) is 11.7 Å². The van der Waals surface area contributed by atoms with Gasteiger partial charge in [0.15, 0.2) is 0 Å². The monoisotopic (exact) mass is 247 g/mol. The van der Waals surface area contributed by atoms with E-state index in [-0.39, 0.29) is 18.2 Å². The minimum absolute atomic E-state index is 0.0572. The maximum atomic E-state index is 11.9. The van der Waals surface area contributed by atoms with Gasteiger partial charge >= 0.3 is 0 Å². The van der Waals surface area contributed by atoms with E-state index in [1.54, 1.807) is 11.0 Å². The molecule has 5 nitrogen and oxygen atoms in total. The lowest BCUT2D eigenvalue weighted by atomic mass is 10.1. The van der Waals surface area contributed by atoms with Crippen molar-refractivity contribution in [1.82, 2.24) is 0 Å². The smallest absolute Gasteiger partial charge is 0.227 e. The van der Waals surface area contributed by atoms with Gasteiger partial charge in [0.05, 0.1) is 5.92 Å². The van der Waals surface area contributed by atoms with E-state index in [0.717, 1.165) is 17.7 Å². The molecule has 5 heteroatoms. The molecule has 1 aliphatic heterocycles. The standard InChI is InChI=1S/C13H17N3O2/c1-2-8-5-10(14)3-4-11(8)16-7-9(13(15)18)6-12(16)17/h3-5,9H,2,6-7,14H2,1H3,(H2,15,18). The second-order valence-corrected chi connectivity index (χ2v) is 4.55. The van der Waals surface area contributed by atoms with E-state index in [2.05, 4.69) is 0 Å². The Morgan fingerprint density at radius 2 is 2.22 bits per heavy atom. The molecule has 1 unspecified atom stereocenters. The fourth-order valence-corrected chi connectivity index (χ4v) is 2.28. The zero-order valence-corrected chi connectivity index (χ0v) is 10.3. The first-order chi connectivity index (χ1) is 8.52. The van der Waals surface area contributed by atoms with Crippen molar-refractivity contribution in [2.75, 3.05) is 17.2 Å². The number of anilines is 2. The highest BCUT2D eigenvalue weighted by Gasteiger charge is 2.34. The van der Waals surface area contributed by atoms with E-state index in [9.17, 15) is 9.59 Å². The zero-order chi connectivity index (χ0) is 13.3. The van der Waals surface area contributed by atoms with Crippen LogP contribution in [0.25, 0.3) is 0 Å². The Hall–Kier alpha value is -2.04. The summed E-state index contributed by atoms with van der Waals surface area (Å²) in [5, 5.41) is 0. The van der Waals surface area contributed by atoms with Crippen molar-refractivity contribution >= 4 is 23.2 Å². The molecule has 2 amide bonds. The molecule has 1 fully saturated rings. The lowest BCUT2D eigenvalue weighted by Gasteiger charge is -2.20. The molecule has 1 aromatic rings. The van der Waals surface area contributed by atoms with Crippen LogP contribution in [0, 0.1) is 5.92 Å². The molecule has 0 saturated carbocycles. The van der Waals surface area contributed by atoms with Gasteiger partial charge in [0.1, 0.15) is 0 Å². The summed E-state index contributed by atoms with van der Waals surface area (Å²) in [5.41, 5.74) is 13.5. The summed E-state index contributed by atoms with van der Waals surface area (Å²) >= 11 is 0. The number of primary amides is 1. The van der Waals surface area contributed by atoms with Crippen LogP contribution < -0.4 is 16.4 Å². The number of rotatable bonds is 3. The maximum absolute atomic E-state index is 11.9. The van der Waals surface area contributed by atoms with Crippen LogP contribution in [0.3, 0.4) is 0 Å². The zero-order valence-electron chi connectivity index (χ0n) is 10.3. The lowest BCUT2D eigenvalue weighted by molar-refractivity contribution is -0.123. The van der Waals surface area contributed by atoms with Crippen LogP contribution in [-0.4, -0.2) is 18.4 Å². The summed E-state index contributed by atoms with van der Waals surface area (Å²) < 4.78 is 0. The minimum Gasteiger partial charge on any atom is -0.399 e. The number of nitrogen functional groups attached to an aromatic ring is 1. The fraction of sp³-hybridized carbons (Fsp3) is 0.385. The van der Waals surface area contributed by atoms with Gasteiger partial charge in [-0.15, -0.1) is 0 Å². The summed E-state index contributed by atoms with van der Waals surface area (Å²) in [5.74, 6) is -0.864. The van der Waals surface area contributed by atoms with Crippen LogP contribution in [0.1, 0.15) is 18.9 Å². The third-order valence-corrected chi connectivity index (χ3v) is 3.30. The molecule has 1 aromatic carbocycles. The largest absolute Gasteiger partial charge is 0.399 e. The molecule has 2 rings (SSSR count). The Kier molecular flexibility index (Phi) is 3.23. The van der Waals surface area contributed by atoms with Crippen LogP contribution >= 0.6 is 0 Å². The van der Waals surface area contributed by atoms with Crippen molar-refractivity contribution in [2.45, 2.75) is 19.8 Å². The SMILES string of the molecule is CCc1cc(N)ccc1N1CC(C(N)=O)CC1=O. The van der Waals surface area contributed by atoms with Crippen molar-refractivity contribution in [3.05, 3.63) is 23.8 Å². The van der Waals surface area contributed by atoms with E-state index in [4.69, 9.17) is 11.5 Å². The van der Waals surface area contributed by atoms with Crippen LogP contribution in [0.4, 0.5) is 11.4 Å². The summed E-state index contributed by atoms with van der Waals surface area (Å²) in [4.78, 5) is 24.7. The predicted molar refractivity (Wildman–Crippen MR) is 69.9 cm³/mol. The third-order valence-electron chi connectivity index (χ3n) is 3.30. The van der Waals surface area contributed by atoms with E-state index in [1.165, 1.54) is 0 Å². The normalized spacial score (nSPS) is 19.3. The quantitative estimate of drug-likeness (QED) is 0.769. The first kappa shape index (κ1) is 12.4. The number of hydrogen-bond donors (Lipinski definition) is 2. The van der Waals surface area contributed by atoms with E-state index in [1.807, 2.05) is 19.1 Å². The van der Waals surface area contributed by atoms with Crippen molar-refractivity contribution < 1.29 is 9.59 Å². The molecule has 96 valence electrons. The molecule has 18 heavy (non-hydrogen) atoms. The van der Waals surface area contributed by atoms with Crippen LogP contribution in [-0.2, 0) is 16.0 Å². The molecule has 1 heterocycles. The first-order valence-electron chi connectivity index (χ1n) is 6.01. The third kappa shape index (κ3) is 2.16. The molecule has 1 atom stereocenters. The Morgan fingerprint density at radius 3 is 2.78 bits per heavy atom. The van der Waals surface area contributed by atoms with Gasteiger partial charge < -0.3 is 16.4 Å². The van der Waals surface area contributed by atoms with Crippen molar-refractivity contribution in [1.29, 1.82) is 0 Å². The highest BCUT2D eigenvalue weighted by Crippen LogP contribution is 2.29. The number of carbonyl (C=O) groups excluding carboxylic acids is 2. The van der Waals surface area contributed by atoms with Gasteiger partial charge in [-0.1, -0.05) is 6.92 Å². The van der Waals surface area contributed by atoms with Crippen LogP contribution in [0.5, 0.6) is 0 Å². The predicted octanol–water partition coefficient (Wildman–Crippen LogP) is 0.669. The first-order valence-corrected chi connectivity index (χ1v) is 6.01. The molecular weight excluding hydrogens is 230 g/mol. The molecule has 0 radical (unpaired) electrons. The number of carbonyl (C=O) groups is 2. The number of benzene rings is 1. The topological polar surface area (TPSA) is 89.4 Å². The lowest BCUT2D eigenvalue weighted by Crippen LogP contribution is -2.29. The summed E-state index contributed by atoms with van der Waals surface area (Å²) in [6.07, 6.45) is 0.980. The molecule has 4 N–H and O–H groups in total. The fourth-order valence-electron chi connectivity index (χ4n) is 2.28. The van der Waals surface area contributed by atoms with E-state index < -0.39 is 5.91 Å². The summed E-state index contributed by atoms with van der Waals surface area (Å²) in [6.45, 7) is 2.37. The highest BCUT2D eigenvalue weighted by molar-refractivity contribution is 6.00. The second kappa shape index (κ2) is 4.68. The molecule has 1 saturated heterocycles. The average Bonchev–Trinajstić information content (AvgIpc) is 2.71. The number of nitrogens with zero attached hydrogens (tertiary/aromatic N) is 1. The minimum atomic E-state index is -0.417. The van der Waals surface area contributed by atoms with Gasteiger partial charge in [0, 0.05) is 24.3 Å². The van der Waals surface area contributed by atoms with Gasteiger partial charge in [-0.2, -0.15) is 0 Å². The molecule has 0 spiro atoms. The highest BCUT2D eigenvalue weighted by atomic mass is 16.2.